The molecule has 0 unspecified atom stereocenters. The van der Waals surface area contributed by atoms with E-state index in [0.29, 0.717) is 34.7 Å². The summed E-state index contributed by atoms with van der Waals surface area (Å²) in [6, 6.07) is 9.47. The summed E-state index contributed by atoms with van der Waals surface area (Å²) >= 11 is 5.50. The zero-order chi connectivity index (χ0) is 21.8. The Kier molecular flexibility index (Phi) is 6.13. The van der Waals surface area contributed by atoms with Gasteiger partial charge >= 0.3 is 0 Å². The maximum Gasteiger partial charge on any atom is 0.256 e. The first-order valence-corrected chi connectivity index (χ1v) is 10.6. The van der Waals surface area contributed by atoms with E-state index in [9.17, 15) is 4.79 Å². The van der Waals surface area contributed by atoms with Crippen LogP contribution in [0.5, 0.6) is 5.75 Å². The summed E-state index contributed by atoms with van der Waals surface area (Å²) in [6.45, 7) is 5.86. The quantitative estimate of drug-likeness (QED) is 0.324. The largest absolute Gasteiger partial charge is 0.494 e. The molecule has 0 atom stereocenters. The molecule has 0 saturated carbocycles. The molecule has 3 heterocycles. The van der Waals surface area contributed by atoms with Crippen molar-refractivity contribution < 1.29 is 9.53 Å². The summed E-state index contributed by atoms with van der Waals surface area (Å²) < 4.78 is 9.74. The van der Waals surface area contributed by atoms with Gasteiger partial charge in [0.2, 0.25) is 0 Å². The Balaban J connectivity index is 1.51. The van der Waals surface area contributed by atoms with Gasteiger partial charge in [0.25, 0.3) is 5.91 Å². The van der Waals surface area contributed by atoms with E-state index in [4.69, 9.17) is 21.9 Å². The van der Waals surface area contributed by atoms with E-state index in [1.54, 1.807) is 16.9 Å². The number of aromatic amines is 1. The van der Waals surface area contributed by atoms with Crippen LogP contribution in [0.15, 0.2) is 48.9 Å². The van der Waals surface area contributed by atoms with Crippen molar-refractivity contribution >= 4 is 23.8 Å². The third kappa shape index (κ3) is 4.51. The molecule has 8 nitrogen and oxygen atoms in total. The van der Waals surface area contributed by atoms with Crippen molar-refractivity contribution in [2.45, 2.75) is 26.8 Å². The van der Waals surface area contributed by atoms with Crippen LogP contribution in [0.3, 0.4) is 0 Å². The monoisotopic (exact) mass is 436 g/mol. The number of fused-ring (bicyclic) bond motifs is 1. The van der Waals surface area contributed by atoms with E-state index >= 15 is 0 Å². The summed E-state index contributed by atoms with van der Waals surface area (Å²) in [5, 5.41) is 5.98. The molecule has 1 amide bonds. The van der Waals surface area contributed by atoms with Crippen molar-refractivity contribution in [3.63, 3.8) is 0 Å². The molecule has 0 aliphatic heterocycles. The second-order valence-corrected chi connectivity index (χ2v) is 7.48. The number of aromatic nitrogens is 5. The predicted molar refractivity (Wildman–Crippen MR) is 121 cm³/mol. The molecule has 0 saturated heterocycles. The lowest BCUT2D eigenvalue weighted by molar-refractivity contribution is 0.0954. The minimum absolute atomic E-state index is 0.188. The predicted octanol–water partition coefficient (Wildman–Crippen LogP) is 3.78. The van der Waals surface area contributed by atoms with Crippen LogP contribution >= 0.6 is 12.2 Å². The molecule has 0 aliphatic rings. The molecule has 0 fully saturated rings. The summed E-state index contributed by atoms with van der Waals surface area (Å²) in [4.78, 5) is 21.7. The van der Waals surface area contributed by atoms with Crippen molar-refractivity contribution in [3.8, 4) is 17.0 Å². The maximum atomic E-state index is 12.8. The molecule has 0 aliphatic carbocycles. The van der Waals surface area contributed by atoms with Crippen LogP contribution in [0.4, 0.5) is 0 Å². The number of benzene rings is 1. The van der Waals surface area contributed by atoms with Gasteiger partial charge in [0.1, 0.15) is 21.8 Å². The third-order valence-corrected chi connectivity index (χ3v) is 5.29. The number of rotatable bonds is 8. The van der Waals surface area contributed by atoms with Crippen LogP contribution in [0.2, 0.25) is 0 Å². The normalized spacial score (nSPS) is 11.0. The van der Waals surface area contributed by atoms with E-state index in [2.05, 4.69) is 20.0 Å². The van der Waals surface area contributed by atoms with Crippen molar-refractivity contribution in [3.05, 3.63) is 65.0 Å². The fourth-order valence-electron chi connectivity index (χ4n) is 3.37. The highest BCUT2D eigenvalue weighted by atomic mass is 32.1. The van der Waals surface area contributed by atoms with Gasteiger partial charge in [-0.15, -0.1) is 0 Å². The van der Waals surface area contributed by atoms with Crippen molar-refractivity contribution in [1.82, 2.24) is 29.5 Å². The van der Waals surface area contributed by atoms with E-state index in [1.807, 2.05) is 50.4 Å². The number of H-pyrrole nitrogens is 1. The molecular formula is C22H24N6O2S. The minimum Gasteiger partial charge on any atom is -0.494 e. The molecule has 0 radical (unpaired) electrons. The Morgan fingerprint density at radius 3 is 2.81 bits per heavy atom. The molecule has 31 heavy (non-hydrogen) atoms. The van der Waals surface area contributed by atoms with Gasteiger partial charge in [-0.3, -0.25) is 9.89 Å². The Bertz CT molecular complexity index is 1260. The minimum atomic E-state index is -0.188. The zero-order valence-electron chi connectivity index (χ0n) is 17.5. The van der Waals surface area contributed by atoms with Crippen molar-refractivity contribution in [2.24, 2.45) is 0 Å². The molecule has 4 aromatic rings. The van der Waals surface area contributed by atoms with E-state index < -0.39 is 0 Å². The van der Waals surface area contributed by atoms with Gasteiger partial charge in [-0.05, 0) is 44.5 Å². The number of hydrogen-bond donors (Lipinski definition) is 2. The molecule has 1 aromatic carbocycles. The van der Waals surface area contributed by atoms with E-state index in [1.165, 1.54) is 0 Å². The first kappa shape index (κ1) is 20.8. The van der Waals surface area contributed by atoms with Crippen LogP contribution in [0, 0.1) is 11.6 Å². The van der Waals surface area contributed by atoms with Gasteiger partial charge in [-0.1, -0.05) is 12.2 Å². The van der Waals surface area contributed by atoms with Gasteiger partial charge in [-0.25, -0.2) is 14.5 Å². The zero-order valence-corrected chi connectivity index (χ0v) is 18.3. The standard InChI is InChI=1S/C22H24N6O2S/c1-3-30-17-7-5-16(6-8-17)19-13-20(31)28-21(26-19)18(14-25-28)22(29)24-9-4-11-27-12-10-23-15(27)2/h5-8,10,12-14,25H,3-4,9,11H2,1-2H3,(H,24,29). The Morgan fingerprint density at radius 1 is 1.29 bits per heavy atom. The highest BCUT2D eigenvalue weighted by molar-refractivity contribution is 7.71. The van der Waals surface area contributed by atoms with Gasteiger partial charge in [0, 0.05) is 43.3 Å². The number of imidazole rings is 1. The summed E-state index contributed by atoms with van der Waals surface area (Å²) in [5.74, 6) is 1.57. The number of amides is 1. The van der Waals surface area contributed by atoms with Gasteiger partial charge in [0.05, 0.1) is 12.3 Å². The van der Waals surface area contributed by atoms with Crippen LogP contribution in [-0.4, -0.2) is 43.2 Å². The molecular weight excluding hydrogens is 412 g/mol. The number of carbonyl (C=O) groups is 1. The molecule has 2 N–H and O–H groups in total. The number of aryl methyl sites for hydroxylation is 2. The van der Waals surface area contributed by atoms with Crippen molar-refractivity contribution in [2.75, 3.05) is 13.2 Å². The lowest BCUT2D eigenvalue weighted by Crippen LogP contribution is -2.25. The second-order valence-electron chi connectivity index (χ2n) is 7.06. The first-order valence-electron chi connectivity index (χ1n) is 10.2. The van der Waals surface area contributed by atoms with Gasteiger partial charge in [0.15, 0.2) is 5.65 Å². The fraction of sp³-hybridized carbons (Fsp3) is 0.273. The number of carbonyl (C=O) groups excluding carboxylic acids is 1. The average Bonchev–Trinajstić information content (AvgIpc) is 3.38. The Hall–Kier alpha value is -3.46. The lowest BCUT2D eigenvalue weighted by atomic mass is 10.1. The van der Waals surface area contributed by atoms with Gasteiger partial charge in [-0.2, -0.15) is 0 Å². The average molecular weight is 437 g/mol. The van der Waals surface area contributed by atoms with Crippen LogP contribution in [-0.2, 0) is 6.54 Å². The third-order valence-electron chi connectivity index (χ3n) is 4.99. The number of nitrogens with zero attached hydrogens (tertiary/aromatic N) is 4. The topological polar surface area (TPSA) is 89.2 Å². The molecule has 9 heteroatoms. The molecule has 4 rings (SSSR count). The van der Waals surface area contributed by atoms with Crippen LogP contribution < -0.4 is 10.1 Å². The van der Waals surface area contributed by atoms with E-state index in [0.717, 1.165) is 30.1 Å². The van der Waals surface area contributed by atoms with Crippen LogP contribution in [0.25, 0.3) is 16.9 Å². The summed E-state index contributed by atoms with van der Waals surface area (Å²) in [6.07, 6.45) is 6.15. The highest BCUT2D eigenvalue weighted by Crippen LogP contribution is 2.22. The van der Waals surface area contributed by atoms with E-state index in [-0.39, 0.29) is 5.91 Å². The first-order chi connectivity index (χ1) is 15.1. The molecule has 0 bridgehead atoms. The maximum absolute atomic E-state index is 12.8. The SMILES string of the molecule is CCOc1ccc(-c2cc(=S)n3[nH]cc(C(=O)NCCCn4ccnc4C)c3n2)cc1. The molecule has 160 valence electrons. The fourth-order valence-corrected chi connectivity index (χ4v) is 3.62. The van der Waals surface area contributed by atoms with Gasteiger partial charge < -0.3 is 14.6 Å². The summed E-state index contributed by atoms with van der Waals surface area (Å²) in [5.41, 5.74) is 2.56. The van der Waals surface area contributed by atoms with Crippen LogP contribution in [0.1, 0.15) is 29.5 Å². The Morgan fingerprint density at radius 2 is 2.10 bits per heavy atom. The number of ether oxygens (including phenoxy) is 1. The lowest BCUT2D eigenvalue weighted by Gasteiger charge is -2.07. The number of nitrogens with one attached hydrogen (secondary N) is 2. The number of hydrogen-bond acceptors (Lipinski definition) is 5. The Labute approximate surface area is 184 Å². The molecule has 3 aromatic heterocycles. The summed E-state index contributed by atoms with van der Waals surface area (Å²) in [7, 11) is 0. The van der Waals surface area contributed by atoms with Crippen molar-refractivity contribution in [1.29, 1.82) is 0 Å². The second kappa shape index (κ2) is 9.13. The smallest absolute Gasteiger partial charge is 0.256 e. The highest BCUT2D eigenvalue weighted by Gasteiger charge is 2.15. The molecule has 0 spiro atoms.